The lowest BCUT2D eigenvalue weighted by Crippen LogP contribution is -2.40. The minimum Gasteiger partial charge on any atom is -0.366 e. The average molecular weight is 489 g/mol. The van der Waals surface area contributed by atoms with Crippen molar-refractivity contribution >= 4 is 31.8 Å². The molecule has 0 saturated carbocycles. The molecule has 5 unspecified atom stereocenters. The smallest absolute Gasteiger partial charge is 0.246 e. The maximum absolute atomic E-state index is 11.9. The van der Waals surface area contributed by atoms with Crippen LogP contribution in [0.5, 0.6) is 0 Å². The Kier molecular flexibility index (Phi) is 8.41. The minimum atomic E-state index is -0.749. The monoisotopic (exact) mass is 488 g/mol. The Labute approximate surface area is 195 Å². The van der Waals surface area contributed by atoms with Crippen molar-refractivity contribution in [2.75, 3.05) is 19.0 Å². The standard InChI is InChI=1S/C21H33N2O7PS/c1-20(2,3)19(25)32-10-9-26-31-27-12-14-15-16(30-21(4,5)29-15)18(28-14)23-8-6-7-13(11-23)17(22)24/h6,8,11,14-16,18,31H,7,9-10,12H2,1-5H3,(H2,22,24). The van der Waals surface area contributed by atoms with Crippen LogP contribution in [0.3, 0.4) is 0 Å². The highest BCUT2D eigenvalue weighted by molar-refractivity contribution is 8.13. The molecule has 0 aromatic rings. The van der Waals surface area contributed by atoms with Gasteiger partial charge in [0.25, 0.3) is 0 Å². The number of allylic oxidation sites excluding steroid dienone is 1. The lowest BCUT2D eigenvalue weighted by molar-refractivity contribution is -0.201. The van der Waals surface area contributed by atoms with Gasteiger partial charge in [-0.15, -0.1) is 0 Å². The molecule has 5 atom stereocenters. The second kappa shape index (κ2) is 10.5. The number of amides is 1. The first-order valence-corrected chi connectivity index (χ1v) is 12.4. The molecule has 9 nitrogen and oxygen atoms in total. The largest absolute Gasteiger partial charge is 0.366 e. The summed E-state index contributed by atoms with van der Waals surface area (Å²) in [6, 6.07) is 0. The zero-order valence-corrected chi connectivity index (χ0v) is 21.0. The first kappa shape index (κ1) is 25.6. The lowest BCUT2D eigenvalue weighted by Gasteiger charge is -2.31. The van der Waals surface area contributed by atoms with E-state index in [1.165, 1.54) is 11.8 Å². The van der Waals surface area contributed by atoms with E-state index in [-0.39, 0.29) is 44.5 Å². The maximum Gasteiger partial charge on any atom is 0.246 e. The summed E-state index contributed by atoms with van der Waals surface area (Å²) >= 11 is 1.27. The Hall–Kier alpha value is -1.00. The van der Waals surface area contributed by atoms with Crippen molar-refractivity contribution in [3.63, 3.8) is 0 Å². The van der Waals surface area contributed by atoms with E-state index < -0.39 is 17.9 Å². The van der Waals surface area contributed by atoms with Crippen molar-refractivity contribution in [3.05, 3.63) is 24.0 Å². The SMILES string of the molecule is CC1(C)OC2C(COPOCCSC(=O)C(C)(C)C)OC(N3C=CCC(C(N)=O)=C3)C2O1. The second-order valence-electron chi connectivity index (χ2n) is 9.31. The van der Waals surface area contributed by atoms with Gasteiger partial charge in [-0.05, 0) is 20.3 Å². The van der Waals surface area contributed by atoms with E-state index in [1.54, 1.807) is 11.1 Å². The van der Waals surface area contributed by atoms with E-state index in [0.29, 0.717) is 24.4 Å². The second-order valence-corrected chi connectivity index (χ2v) is 11.1. The number of fused-ring (bicyclic) bond motifs is 1. The van der Waals surface area contributed by atoms with Crippen molar-refractivity contribution < 1.29 is 32.8 Å². The molecule has 0 aromatic carbocycles. The van der Waals surface area contributed by atoms with Crippen molar-refractivity contribution in [1.29, 1.82) is 0 Å². The first-order chi connectivity index (χ1) is 15.0. The fraction of sp³-hybridized carbons (Fsp3) is 0.714. The highest BCUT2D eigenvalue weighted by Crippen LogP contribution is 2.41. The molecule has 2 fully saturated rings. The molecule has 0 radical (unpaired) electrons. The Morgan fingerprint density at radius 1 is 1.28 bits per heavy atom. The van der Waals surface area contributed by atoms with Crippen molar-refractivity contribution in [3.8, 4) is 0 Å². The summed E-state index contributed by atoms with van der Waals surface area (Å²) in [4.78, 5) is 25.3. The number of primary amides is 1. The summed E-state index contributed by atoms with van der Waals surface area (Å²) in [5.41, 5.74) is 5.59. The maximum atomic E-state index is 11.9. The molecule has 180 valence electrons. The number of carbonyl (C=O) groups is 2. The predicted molar refractivity (Wildman–Crippen MR) is 122 cm³/mol. The third kappa shape index (κ3) is 6.53. The fourth-order valence-electron chi connectivity index (χ4n) is 3.52. The van der Waals surface area contributed by atoms with E-state index in [0.717, 1.165) is 0 Å². The molecule has 3 rings (SSSR count). The van der Waals surface area contributed by atoms with Crippen LogP contribution in [0, 0.1) is 5.41 Å². The Morgan fingerprint density at radius 2 is 2.00 bits per heavy atom. The highest BCUT2D eigenvalue weighted by atomic mass is 32.2. The molecule has 3 aliphatic rings. The van der Waals surface area contributed by atoms with Gasteiger partial charge >= 0.3 is 0 Å². The van der Waals surface area contributed by atoms with E-state index in [4.69, 9.17) is 29.0 Å². The van der Waals surface area contributed by atoms with Crippen LogP contribution >= 0.6 is 20.8 Å². The normalized spacial score (nSPS) is 29.5. The van der Waals surface area contributed by atoms with Crippen molar-refractivity contribution in [2.24, 2.45) is 11.1 Å². The van der Waals surface area contributed by atoms with Crippen LogP contribution in [0.2, 0.25) is 0 Å². The summed E-state index contributed by atoms with van der Waals surface area (Å²) in [7, 11) is -0.172. The number of carbonyl (C=O) groups excluding carboxylic acids is 2. The Bertz CT molecular complexity index is 768. The Morgan fingerprint density at radius 3 is 2.69 bits per heavy atom. The molecular weight excluding hydrogens is 455 g/mol. The summed E-state index contributed by atoms with van der Waals surface area (Å²) in [5, 5.41) is 0.142. The van der Waals surface area contributed by atoms with Gasteiger partial charge in [0, 0.05) is 29.1 Å². The molecule has 3 aliphatic heterocycles. The van der Waals surface area contributed by atoms with Gasteiger partial charge in [-0.3, -0.25) is 9.59 Å². The summed E-state index contributed by atoms with van der Waals surface area (Å²) in [6.07, 6.45) is 4.40. The average Bonchev–Trinajstić information content (AvgIpc) is 3.19. The van der Waals surface area contributed by atoms with Crippen LogP contribution < -0.4 is 5.73 Å². The number of nitrogens with zero attached hydrogens (tertiary/aromatic N) is 1. The van der Waals surface area contributed by atoms with E-state index in [9.17, 15) is 9.59 Å². The van der Waals surface area contributed by atoms with Gasteiger partial charge in [-0.25, -0.2) is 0 Å². The molecule has 0 aliphatic carbocycles. The van der Waals surface area contributed by atoms with Crippen LogP contribution in [0.15, 0.2) is 24.0 Å². The van der Waals surface area contributed by atoms with Gasteiger partial charge in [0.1, 0.15) is 18.3 Å². The third-order valence-electron chi connectivity index (χ3n) is 5.05. The van der Waals surface area contributed by atoms with Crippen LogP contribution in [0.1, 0.15) is 41.0 Å². The van der Waals surface area contributed by atoms with Crippen molar-refractivity contribution in [1.82, 2.24) is 4.90 Å². The number of nitrogens with two attached hydrogens (primary N) is 1. The molecule has 0 spiro atoms. The van der Waals surface area contributed by atoms with Gasteiger partial charge < -0.3 is 33.9 Å². The van der Waals surface area contributed by atoms with E-state index in [1.807, 2.05) is 46.9 Å². The molecule has 32 heavy (non-hydrogen) atoms. The van der Waals surface area contributed by atoms with Gasteiger partial charge in [0.15, 0.2) is 26.2 Å². The highest BCUT2D eigenvalue weighted by Gasteiger charge is 2.56. The minimum absolute atomic E-state index is 0.142. The van der Waals surface area contributed by atoms with Gasteiger partial charge in [-0.1, -0.05) is 38.6 Å². The summed E-state index contributed by atoms with van der Waals surface area (Å²) in [5.74, 6) is -0.625. The molecule has 3 heterocycles. The number of hydrogen-bond donors (Lipinski definition) is 1. The van der Waals surface area contributed by atoms with Gasteiger partial charge in [0.05, 0.1) is 13.2 Å². The molecular formula is C21H33N2O7PS. The quantitative estimate of drug-likeness (QED) is 0.387. The number of ether oxygens (including phenoxy) is 3. The topological polar surface area (TPSA) is 110 Å². The van der Waals surface area contributed by atoms with Crippen molar-refractivity contribution in [2.45, 2.75) is 71.4 Å². The number of thioether (sulfide) groups is 1. The van der Waals surface area contributed by atoms with Crippen LogP contribution in [0.25, 0.3) is 0 Å². The fourth-order valence-corrected chi connectivity index (χ4v) is 4.96. The number of hydrogen-bond acceptors (Lipinski definition) is 9. The zero-order chi connectivity index (χ0) is 23.5. The molecule has 1 amide bonds. The van der Waals surface area contributed by atoms with Gasteiger partial charge in [-0.2, -0.15) is 0 Å². The Balaban J connectivity index is 1.48. The molecule has 11 heteroatoms. The van der Waals surface area contributed by atoms with E-state index >= 15 is 0 Å². The summed E-state index contributed by atoms with van der Waals surface area (Å²) < 4.78 is 29.5. The van der Waals surface area contributed by atoms with Crippen LogP contribution in [-0.4, -0.2) is 65.2 Å². The van der Waals surface area contributed by atoms with E-state index in [2.05, 4.69) is 0 Å². The van der Waals surface area contributed by atoms with Crippen LogP contribution in [0.4, 0.5) is 0 Å². The summed E-state index contributed by atoms with van der Waals surface area (Å²) in [6.45, 7) is 10.1. The molecule has 2 N–H and O–H groups in total. The lowest BCUT2D eigenvalue weighted by atomic mass is 10.00. The predicted octanol–water partition coefficient (Wildman–Crippen LogP) is 2.67. The zero-order valence-electron chi connectivity index (χ0n) is 19.2. The third-order valence-corrected chi connectivity index (χ3v) is 6.90. The molecule has 0 aromatic heterocycles. The van der Waals surface area contributed by atoms with Gasteiger partial charge in [0.2, 0.25) is 5.91 Å². The number of rotatable bonds is 9. The van der Waals surface area contributed by atoms with Crippen LogP contribution in [-0.2, 0) is 32.8 Å². The molecule has 0 bridgehead atoms. The molecule has 2 saturated heterocycles. The first-order valence-electron chi connectivity index (χ1n) is 10.6.